The molecule has 0 atom stereocenters. The summed E-state index contributed by atoms with van der Waals surface area (Å²) in [5.41, 5.74) is 2.77. The fourth-order valence-electron chi connectivity index (χ4n) is 1.94. The average molecular weight is 269 g/mol. The number of benzene rings is 1. The van der Waals surface area contributed by atoms with Gasteiger partial charge in [-0.25, -0.2) is 4.68 Å². The SMILES string of the molecule is Clc1ccccc1-n1nc2c(c1Cl)COCC2. The molecule has 88 valence electrons. The number of halogens is 2. The maximum atomic E-state index is 6.31. The molecule has 1 aromatic carbocycles. The Kier molecular flexibility index (Phi) is 2.82. The van der Waals surface area contributed by atoms with E-state index in [-0.39, 0.29) is 0 Å². The Balaban J connectivity index is 2.16. The van der Waals surface area contributed by atoms with Gasteiger partial charge in [-0.15, -0.1) is 0 Å². The zero-order chi connectivity index (χ0) is 11.8. The van der Waals surface area contributed by atoms with Crippen LogP contribution in [0.2, 0.25) is 10.2 Å². The molecule has 17 heavy (non-hydrogen) atoms. The number of aromatic nitrogens is 2. The van der Waals surface area contributed by atoms with Crippen molar-refractivity contribution in [3.8, 4) is 5.69 Å². The predicted octanol–water partition coefficient (Wildman–Crippen LogP) is 3.25. The van der Waals surface area contributed by atoms with E-state index in [2.05, 4.69) is 5.10 Å². The van der Waals surface area contributed by atoms with E-state index in [1.807, 2.05) is 24.3 Å². The van der Waals surface area contributed by atoms with E-state index in [0.717, 1.165) is 23.4 Å². The molecular formula is C12H10Cl2N2O. The Hall–Kier alpha value is -1.03. The molecule has 2 heterocycles. The van der Waals surface area contributed by atoms with Crippen molar-refractivity contribution in [2.24, 2.45) is 0 Å². The van der Waals surface area contributed by atoms with E-state index in [1.54, 1.807) is 4.68 Å². The molecule has 0 spiro atoms. The zero-order valence-corrected chi connectivity index (χ0v) is 10.5. The summed E-state index contributed by atoms with van der Waals surface area (Å²) in [7, 11) is 0. The highest BCUT2D eigenvalue weighted by molar-refractivity contribution is 6.33. The number of fused-ring (bicyclic) bond motifs is 1. The lowest BCUT2D eigenvalue weighted by molar-refractivity contribution is 0.110. The molecule has 0 unspecified atom stereocenters. The molecule has 0 N–H and O–H groups in total. The smallest absolute Gasteiger partial charge is 0.138 e. The topological polar surface area (TPSA) is 27.1 Å². The molecule has 1 aliphatic heterocycles. The fraction of sp³-hybridized carbons (Fsp3) is 0.250. The third kappa shape index (κ3) is 1.84. The summed E-state index contributed by atoms with van der Waals surface area (Å²) in [5.74, 6) is 0. The highest BCUT2D eigenvalue weighted by atomic mass is 35.5. The predicted molar refractivity (Wildman–Crippen MR) is 66.9 cm³/mol. The van der Waals surface area contributed by atoms with Crippen LogP contribution in [0.5, 0.6) is 0 Å². The normalized spacial score (nSPS) is 14.7. The van der Waals surface area contributed by atoms with Gasteiger partial charge >= 0.3 is 0 Å². The minimum atomic E-state index is 0.526. The van der Waals surface area contributed by atoms with Crippen molar-refractivity contribution in [2.75, 3.05) is 6.61 Å². The van der Waals surface area contributed by atoms with E-state index in [9.17, 15) is 0 Å². The van der Waals surface area contributed by atoms with E-state index < -0.39 is 0 Å². The Morgan fingerprint density at radius 3 is 2.82 bits per heavy atom. The maximum absolute atomic E-state index is 6.31. The largest absolute Gasteiger partial charge is 0.376 e. The third-order valence-corrected chi connectivity index (χ3v) is 3.52. The molecule has 0 saturated heterocycles. The second-order valence-corrected chi connectivity index (χ2v) is 4.65. The Morgan fingerprint density at radius 2 is 2.06 bits per heavy atom. The van der Waals surface area contributed by atoms with E-state index >= 15 is 0 Å². The van der Waals surface area contributed by atoms with Gasteiger partial charge in [-0.3, -0.25) is 0 Å². The van der Waals surface area contributed by atoms with Crippen LogP contribution in [0.4, 0.5) is 0 Å². The summed E-state index contributed by atoms with van der Waals surface area (Å²) in [6.45, 7) is 1.22. The van der Waals surface area contributed by atoms with Crippen LogP contribution in [0, 0.1) is 0 Å². The molecule has 0 radical (unpaired) electrons. The van der Waals surface area contributed by atoms with Gasteiger partial charge in [0.05, 0.1) is 29.6 Å². The molecular weight excluding hydrogens is 259 g/mol. The zero-order valence-electron chi connectivity index (χ0n) is 8.99. The van der Waals surface area contributed by atoms with Crippen molar-refractivity contribution in [3.05, 3.63) is 45.7 Å². The van der Waals surface area contributed by atoms with Crippen LogP contribution >= 0.6 is 23.2 Å². The monoisotopic (exact) mass is 268 g/mol. The van der Waals surface area contributed by atoms with Crippen molar-refractivity contribution in [1.29, 1.82) is 0 Å². The van der Waals surface area contributed by atoms with E-state index in [1.165, 1.54) is 0 Å². The van der Waals surface area contributed by atoms with Gasteiger partial charge in [0.2, 0.25) is 0 Å². The molecule has 0 amide bonds. The lowest BCUT2D eigenvalue weighted by Gasteiger charge is -2.09. The highest BCUT2D eigenvalue weighted by Crippen LogP contribution is 2.29. The Morgan fingerprint density at radius 1 is 1.24 bits per heavy atom. The van der Waals surface area contributed by atoms with Crippen LogP contribution in [0.3, 0.4) is 0 Å². The van der Waals surface area contributed by atoms with Crippen molar-refractivity contribution in [1.82, 2.24) is 9.78 Å². The summed E-state index contributed by atoms with van der Waals surface area (Å²) in [6.07, 6.45) is 0.798. The molecule has 0 saturated carbocycles. The van der Waals surface area contributed by atoms with Gasteiger partial charge in [-0.1, -0.05) is 35.3 Å². The number of para-hydroxylation sites is 1. The fourth-order valence-corrected chi connectivity index (χ4v) is 2.45. The van der Waals surface area contributed by atoms with Crippen LogP contribution in [0.25, 0.3) is 5.69 Å². The summed E-state index contributed by atoms with van der Waals surface area (Å²) in [6, 6.07) is 7.51. The minimum Gasteiger partial charge on any atom is -0.376 e. The summed E-state index contributed by atoms with van der Waals surface area (Å²) >= 11 is 12.5. The molecule has 0 aliphatic carbocycles. The first kappa shape index (κ1) is 11.1. The van der Waals surface area contributed by atoms with Gasteiger partial charge in [0.1, 0.15) is 5.15 Å². The first-order chi connectivity index (χ1) is 8.27. The lowest BCUT2D eigenvalue weighted by Crippen LogP contribution is -2.08. The second-order valence-electron chi connectivity index (χ2n) is 3.88. The molecule has 2 aromatic rings. The molecule has 0 fully saturated rings. The number of ether oxygens (including phenoxy) is 1. The summed E-state index contributed by atoms with van der Waals surface area (Å²) in [4.78, 5) is 0. The van der Waals surface area contributed by atoms with Gasteiger partial charge < -0.3 is 4.74 Å². The summed E-state index contributed by atoms with van der Waals surface area (Å²) < 4.78 is 7.07. The van der Waals surface area contributed by atoms with Gasteiger partial charge in [0, 0.05) is 12.0 Å². The van der Waals surface area contributed by atoms with E-state index in [4.69, 9.17) is 27.9 Å². The van der Waals surface area contributed by atoms with Crippen LogP contribution in [-0.4, -0.2) is 16.4 Å². The highest BCUT2D eigenvalue weighted by Gasteiger charge is 2.21. The van der Waals surface area contributed by atoms with Gasteiger partial charge in [0.25, 0.3) is 0 Å². The maximum Gasteiger partial charge on any atom is 0.138 e. The first-order valence-electron chi connectivity index (χ1n) is 5.36. The van der Waals surface area contributed by atoms with Gasteiger partial charge in [0.15, 0.2) is 0 Å². The number of hydrogen-bond acceptors (Lipinski definition) is 2. The van der Waals surface area contributed by atoms with Crippen LogP contribution in [0.1, 0.15) is 11.3 Å². The number of nitrogens with zero attached hydrogens (tertiary/aromatic N) is 2. The quantitative estimate of drug-likeness (QED) is 0.794. The van der Waals surface area contributed by atoms with Gasteiger partial charge in [-0.2, -0.15) is 5.10 Å². The Labute approximate surface area is 109 Å². The number of rotatable bonds is 1. The van der Waals surface area contributed by atoms with Crippen LogP contribution in [0.15, 0.2) is 24.3 Å². The number of hydrogen-bond donors (Lipinski definition) is 0. The first-order valence-corrected chi connectivity index (χ1v) is 6.12. The van der Waals surface area contributed by atoms with Crippen molar-refractivity contribution in [2.45, 2.75) is 13.0 Å². The Bertz CT molecular complexity index is 566. The molecule has 5 heteroatoms. The molecule has 0 bridgehead atoms. The van der Waals surface area contributed by atoms with Gasteiger partial charge in [-0.05, 0) is 12.1 Å². The van der Waals surface area contributed by atoms with E-state index in [0.29, 0.717) is 23.4 Å². The standard InChI is InChI=1S/C12H10Cl2N2O/c13-9-3-1-2-4-11(9)16-12(14)8-7-17-6-5-10(8)15-16/h1-4H,5-7H2. The second kappa shape index (κ2) is 4.33. The lowest BCUT2D eigenvalue weighted by atomic mass is 10.2. The van der Waals surface area contributed by atoms with Crippen LogP contribution < -0.4 is 0 Å². The van der Waals surface area contributed by atoms with Crippen molar-refractivity contribution >= 4 is 23.2 Å². The molecule has 1 aromatic heterocycles. The minimum absolute atomic E-state index is 0.526. The molecule has 1 aliphatic rings. The van der Waals surface area contributed by atoms with Crippen molar-refractivity contribution in [3.63, 3.8) is 0 Å². The average Bonchev–Trinajstić information content (AvgIpc) is 2.68. The molecule has 3 nitrogen and oxygen atoms in total. The summed E-state index contributed by atoms with van der Waals surface area (Å²) in [5, 5.41) is 5.73. The molecule has 3 rings (SSSR count). The third-order valence-electron chi connectivity index (χ3n) is 2.81. The van der Waals surface area contributed by atoms with Crippen LogP contribution in [-0.2, 0) is 17.8 Å². The van der Waals surface area contributed by atoms with Crippen molar-refractivity contribution < 1.29 is 4.74 Å².